The standard InChI is InChI=1S/C21H15ClN4O5S/c22-16-7-6-14(10-17(16)26(29)30)23-20(28)19(13-4-2-1-3-5-13)31-18(27)11-15-12-25-8-9-32-21(25)24-15/h1-10,12,19H,11H2,(H,23,28). The average Bonchev–Trinajstić information content (AvgIpc) is 3.35. The quantitative estimate of drug-likeness (QED) is 0.243. The van der Waals surface area contributed by atoms with Crippen molar-refractivity contribution < 1.29 is 19.2 Å². The van der Waals surface area contributed by atoms with E-state index in [1.54, 1.807) is 40.9 Å². The minimum absolute atomic E-state index is 0.0565. The summed E-state index contributed by atoms with van der Waals surface area (Å²) in [4.78, 5) is 41.1. The number of hydrogen-bond acceptors (Lipinski definition) is 7. The first kappa shape index (κ1) is 21.5. The molecule has 1 atom stereocenters. The van der Waals surface area contributed by atoms with E-state index in [2.05, 4.69) is 10.3 Å². The molecule has 0 aliphatic rings. The van der Waals surface area contributed by atoms with Gasteiger partial charge in [-0.1, -0.05) is 41.9 Å². The molecule has 0 saturated heterocycles. The molecule has 0 aliphatic carbocycles. The first-order chi connectivity index (χ1) is 15.4. The van der Waals surface area contributed by atoms with Crippen LogP contribution in [0.2, 0.25) is 5.02 Å². The number of nitro groups is 1. The van der Waals surface area contributed by atoms with Gasteiger partial charge in [0.05, 0.1) is 17.0 Å². The maximum absolute atomic E-state index is 13.0. The summed E-state index contributed by atoms with van der Waals surface area (Å²) < 4.78 is 7.29. The second-order valence-corrected chi connectivity index (χ2v) is 7.98. The number of amides is 1. The molecule has 2 aromatic carbocycles. The number of nitro benzene ring substituents is 1. The Labute approximate surface area is 190 Å². The van der Waals surface area contributed by atoms with Crippen molar-refractivity contribution in [3.8, 4) is 0 Å². The van der Waals surface area contributed by atoms with Crippen LogP contribution in [0.4, 0.5) is 11.4 Å². The molecule has 1 amide bonds. The van der Waals surface area contributed by atoms with Gasteiger partial charge in [-0.3, -0.25) is 24.1 Å². The van der Waals surface area contributed by atoms with Crippen LogP contribution < -0.4 is 5.32 Å². The Bertz CT molecular complexity index is 1280. The SMILES string of the molecule is O=C(Cc1cn2ccsc2n1)OC(C(=O)Nc1ccc(Cl)c([N+](=O)[O-])c1)c1ccccc1. The highest BCUT2D eigenvalue weighted by Gasteiger charge is 2.26. The zero-order chi connectivity index (χ0) is 22.7. The summed E-state index contributed by atoms with van der Waals surface area (Å²) in [6.45, 7) is 0. The van der Waals surface area contributed by atoms with Crippen LogP contribution in [-0.4, -0.2) is 26.2 Å². The number of thiazole rings is 1. The van der Waals surface area contributed by atoms with Gasteiger partial charge in [0.1, 0.15) is 5.02 Å². The van der Waals surface area contributed by atoms with Crippen LogP contribution >= 0.6 is 22.9 Å². The molecule has 0 bridgehead atoms. The first-order valence-corrected chi connectivity index (χ1v) is 10.6. The summed E-state index contributed by atoms with van der Waals surface area (Å²) in [5, 5.41) is 15.5. The van der Waals surface area contributed by atoms with Gasteiger partial charge in [-0.05, 0) is 12.1 Å². The van der Waals surface area contributed by atoms with E-state index in [1.165, 1.54) is 23.5 Å². The maximum atomic E-state index is 13.0. The fourth-order valence-electron chi connectivity index (χ4n) is 3.02. The molecular formula is C21H15ClN4O5S. The van der Waals surface area contributed by atoms with Gasteiger partial charge in [-0.2, -0.15) is 0 Å². The van der Waals surface area contributed by atoms with E-state index in [9.17, 15) is 19.7 Å². The molecule has 1 unspecified atom stereocenters. The van der Waals surface area contributed by atoms with Gasteiger partial charge in [0.25, 0.3) is 11.6 Å². The van der Waals surface area contributed by atoms with Gasteiger partial charge in [-0.15, -0.1) is 11.3 Å². The van der Waals surface area contributed by atoms with Gasteiger partial charge in [0.15, 0.2) is 4.96 Å². The number of imidazole rings is 1. The molecule has 0 fully saturated rings. The Balaban J connectivity index is 1.53. The van der Waals surface area contributed by atoms with E-state index >= 15 is 0 Å². The van der Waals surface area contributed by atoms with E-state index in [1.807, 2.05) is 11.6 Å². The number of anilines is 1. The first-order valence-electron chi connectivity index (χ1n) is 9.31. The summed E-state index contributed by atoms with van der Waals surface area (Å²) in [7, 11) is 0. The molecule has 32 heavy (non-hydrogen) atoms. The number of aromatic nitrogens is 2. The average molecular weight is 471 g/mol. The number of halogens is 1. The molecular weight excluding hydrogens is 456 g/mol. The maximum Gasteiger partial charge on any atom is 0.313 e. The molecule has 1 N–H and O–H groups in total. The van der Waals surface area contributed by atoms with Crippen LogP contribution in [0, 0.1) is 10.1 Å². The lowest BCUT2D eigenvalue weighted by molar-refractivity contribution is -0.384. The lowest BCUT2D eigenvalue weighted by Crippen LogP contribution is -2.26. The lowest BCUT2D eigenvalue weighted by Gasteiger charge is -2.18. The monoisotopic (exact) mass is 470 g/mol. The van der Waals surface area contributed by atoms with Crippen molar-refractivity contribution in [1.82, 2.24) is 9.38 Å². The van der Waals surface area contributed by atoms with Crippen molar-refractivity contribution in [2.45, 2.75) is 12.5 Å². The van der Waals surface area contributed by atoms with Gasteiger partial charge >= 0.3 is 5.97 Å². The fourth-order valence-corrected chi connectivity index (χ4v) is 3.93. The Hall–Kier alpha value is -3.76. The molecule has 0 saturated carbocycles. The summed E-state index contributed by atoms with van der Waals surface area (Å²) in [6.07, 6.45) is 2.17. The molecule has 2 aromatic heterocycles. The van der Waals surface area contributed by atoms with E-state index < -0.39 is 22.9 Å². The highest BCUT2D eigenvalue weighted by Crippen LogP contribution is 2.28. The smallest absolute Gasteiger partial charge is 0.313 e. The number of nitrogens with zero attached hydrogens (tertiary/aromatic N) is 3. The number of ether oxygens (including phenoxy) is 1. The number of rotatable bonds is 7. The third-order valence-corrected chi connectivity index (χ3v) is 5.56. The normalized spacial score (nSPS) is 11.8. The van der Waals surface area contributed by atoms with Crippen molar-refractivity contribution in [1.29, 1.82) is 0 Å². The topological polar surface area (TPSA) is 116 Å². The summed E-state index contributed by atoms with van der Waals surface area (Å²) >= 11 is 7.26. The van der Waals surface area contributed by atoms with E-state index in [0.29, 0.717) is 11.3 Å². The number of benzene rings is 2. The van der Waals surface area contributed by atoms with Crippen LogP contribution in [0.3, 0.4) is 0 Å². The Kier molecular flexibility index (Phi) is 6.15. The molecule has 4 aromatic rings. The van der Waals surface area contributed by atoms with Crippen molar-refractivity contribution >= 4 is 51.1 Å². The molecule has 4 rings (SSSR count). The highest BCUT2D eigenvalue weighted by atomic mass is 35.5. The molecule has 0 spiro atoms. The van der Waals surface area contributed by atoms with Gasteiger partial charge in [0.2, 0.25) is 6.10 Å². The number of fused-ring (bicyclic) bond motifs is 1. The van der Waals surface area contributed by atoms with Crippen molar-refractivity contribution in [3.63, 3.8) is 0 Å². The number of esters is 1. The largest absolute Gasteiger partial charge is 0.447 e. The van der Waals surface area contributed by atoms with Crippen LogP contribution in [0.25, 0.3) is 4.96 Å². The highest BCUT2D eigenvalue weighted by molar-refractivity contribution is 7.15. The molecule has 2 heterocycles. The summed E-state index contributed by atoms with van der Waals surface area (Å²) in [5.41, 5.74) is 0.768. The third kappa shape index (κ3) is 4.76. The second kappa shape index (κ2) is 9.16. The van der Waals surface area contributed by atoms with Gasteiger partial charge < -0.3 is 10.1 Å². The molecule has 162 valence electrons. The zero-order valence-corrected chi connectivity index (χ0v) is 17.9. The van der Waals surface area contributed by atoms with Crippen molar-refractivity contribution in [2.24, 2.45) is 0 Å². The van der Waals surface area contributed by atoms with E-state index in [4.69, 9.17) is 16.3 Å². The molecule has 0 aliphatic heterocycles. The summed E-state index contributed by atoms with van der Waals surface area (Å²) in [5.74, 6) is -1.30. The molecule has 0 radical (unpaired) electrons. The predicted molar refractivity (Wildman–Crippen MR) is 119 cm³/mol. The third-order valence-electron chi connectivity index (χ3n) is 4.47. The number of hydrogen-bond donors (Lipinski definition) is 1. The minimum Gasteiger partial charge on any atom is -0.447 e. The fraction of sp³-hybridized carbons (Fsp3) is 0.0952. The van der Waals surface area contributed by atoms with E-state index in [-0.39, 0.29) is 22.8 Å². The Morgan fingerprint density at radius 1 is 1.25 bits per heavy atom. The van der Waals surface area contributed by atoms with Crippen LogP contribution in [0.1, 0.15) is 17.4 Å². The van der Waals surface area contributed by atoms with Crippen LogP contribution in [0.5, 0.6) is 0 Å². The van der Waals surface area contributed by atoms with Crippen LogP contribution in [-0.2, 0) is 20.7 Å². The zero-order valence-electron chi connectivity index (χ0n) is 16.3. The number of nitrogens with one attached hydrogen (secondary N) is 1. The van der Waals surface area contributed by atoms with Crippen molar-refractivity contribution in [2.75, 3.05) is 5.32 Å². The number of carbonyl (C=O) groups is 2. The minimum atomic E-state index is -1.26. The molecule has 9 nitrogen and oxygen atoms in total. The summed E-state index contributed by atoms with van der Waals surface area (Å²) in [6, 6.07) is 12.4. The Morgan fingerprint density at radius 3 is 2.75 bits per heavy atom. The Morgan fingerprint density at radius 2 is 2.03 bits per heavy atom. The predicted octanol–water partition coefficient (Wildman–Crippen LogP) is 4.42. The van der Waals surface area contributed by atoms with Crippen LogP contribution in [0.15, 0.2) is 66.3 Å². The van der Waals surface area contributed by atoms with Gasteiger partial charge in [0, 0.05) is 35.1 Å². The van der Waals surface area contributed by atoms with E-state index in [0.717, 1.165) is 11.0 Å². The lowest BCUT2D eigenvalue weighted by atomic mass is 10.1. The van der Waals surface area contributed by atoms with Crippen molar-refractivity contribution in [3.05, 3.63) is 92.7 Å². The van der Waals surface area contributed by atoms with Gasteiger partial charge in [-0.25, -0.2) is 4.98 Å². The second-order valence-electron chi connectivity index (χ2n) is 6.70. The number of carbonyl (C=O) groups excluding carboxylic acids is 2. The molecule has 11 heteroatoms.